The fourth-order valence-corrected chi connectivity index (χ4v) is 2.48. The lowest BCUT2D eigenvalue weighted by atomic mass is 10.0. The van der Waals surface area contributed by atoms with E-state index < -0.39 is 0 Å². The standard InChI is InChI=1S/C19H16O2/c1-13-9-15(10-14(2)21-13)11-19(20)18-8-7-16-5-3-4-6-17(16)12-18/h3-12H,1-2H3. The molecule has 0 spiro atoms. The summed E-state index contributed by atoms with van der Waals surface area (Å²) in [5.74, 6) is 1.60. The molecule has 21 heavy (non-hydrogen) atoms. The van der Waals surface area contributed by atoms with Crippen molar-refractivity contribution in [3.05, 3.63) is 83.3 Å². The van der Waals surface area contributed by atoms with Gasteiger partial charge in [-0.05, 0) is 54.5 Å². The predicted octanol–water partition coefficient (Wildman–Crippen LogP) is 4.79. The van der Waals surface area contributed by atoms with E-state index in [4.69, 9.17) is 4.74 Å². The highest BCUT2D eigenvalue weighted by Gasteiger charge is 2.08. The van der Waals surface area contributed by atoms with Crippen molar-refractivity contribution >= 4 is 16.6 Å². The van der Waals surface area contributed by atoms with Gasteiger partial charge in [0.15, 0.2) is 5.78 Å². The van der Waals surface area contributed by atoms with Gasteiger partial charge in [0.05, 0.1) is 0 Å². The fraction of sp³-hybridized carbons (Fsp3) is 0.105. The third-order valence-electron chi connectivity index (χ3n) is 3.39. The number of rotatable bonds is 2. The molecule has 0 fully saturated rings. The third-order valence-corrected chi connectivity index (χ3v) is 3.39. The van der Waals surface area contributed by atoms with E-state index in [2.05, 4.69) is 0 Å². The van der Waals surface area contributed by atoms with E-state index in [1.165, 1.54) is 0 Å². The number of hydrogen-bond donors (Lipinski definition) is 0. The second-order valence-electron chi connectivity index (χ2n) is 5.18. The lowest BCUT2D eigenvalue weighted by molar-refractivity contribution is 0.104. The van der Waals surface area contributed by atoms with Crippen LogP contribution in [0.25, 0.3) is 10.8 Å². The summed E-state index contributed by atoms with van der Waals surface area (Å²) < 4.78 is 5.43. The number of carbonyl (C=O) groups is 1. The Balaban J connectivity index is 1.95. The highest BCUT2D eigenvalue weighted by molar-refractivity contribution is 6.07. The molecule has 2 heteroatoms. The Morgan fingerprint density at radius 3 is 2.33 bits per heavy atom. The number of fused-ring (bicyclic) bond motifs is 1. The van der Waals surface area contributed by atoms with Crippen LogP contribution in [-0.2, 0) is 4.74 Å². The number of allylic oxidation sites excluding steroid dienone is 6. The molecule has 2 nitrogen and oxygen atoms in total. The number of ether oxygens (including phenoxy) is 1. The van der Waals surface area contributed by atoms with Gasteiger partial charge in [-0.3, -0.25) is 4.79 Å². The average molecular weight is 276 g/mol. The molecule has 0 saturated carbocycles. The molecule has 0 N–H and O–H groups in total. The summed E-state index contributed by atoms with van der Waals surface area (Å²) in [6.07, 6.45) is 5.39. The maximum absolute atomic E-state index is 12.4. The zero-order valence-electron chi connectivity index (χ0n) is 12.1. The lowest BCUT2D eigenvalue weighted by Crippen LogP contribution is -1.99. The molecule has 2 aromatic rings. The van der Waals surface area contributed by atoms with Gasteiger partial charge in [-0.25, -0.2) is 0 Å². The number of carbonyl (C=O) groups excluding carboxylic acids is 1. The first-order chi connectivity index (χ1) is 10.1. The molecule has 0 atom stereocenters. The van der Waals surface area contributed by atoms with E-state index in [0.717, 1.165) is 27.9 Å². The van der Waals surface area contributed by atoms with Gasteiger partial charge < -0.3 is 4.74 Å². The third kappa shape index (κ3) is 2.95. The molecule has 0 saturated heterocycles. The van der Waals surface area contributed by atoms with Crippen LogP contribution in [0, 0.1) is 0 Å². The Bertz CT molecular complexity index is 787. The summed E-state index contributed by atoms with van der Waals surface area (Å²) in [7, 11) is 0. The minimum atomic E-state index is 0.00533. The minimum Gasteiger partial charge on any atom is -0.467 e. The van der Waals surface area contributed by atoms with Crippen molar-refractivity contribution in [1.82, 2.24) is 0 Å². The van der Waals surface area contributed by atoms with Gasteiger partial charge in [-0.1, -0.05) is 36.4 Å². The summed E-state index contributed by atoms with van der Waals surface area (Å²) in [5, 5.41) is 2.21. The monoisotopic (exact) mass is 276 g/mol. The van der Waals surface area contributed by atoms with Crippen LogP contribution in [0.15, 0.2) is 77.8 Å². The molecular weight excluding hydrogens is 260 g/mol. The van der Waals surface area contributed by atoms with Crippen LogP contribution >= 0.6 is 0 Å². The molecule has 1 aliphatic rings. The van der Waals surface area contributed by atoms with Crippen molar-refractivity contribution in [3.63, 3.8) is 0 Å². The largest absolute Gasteiger partial charge is 0.467 e. The summed E-state index contributed by atoms with van der Waals surface area (Å²) in [6.45, 7) is 3.76. The van der Waals surface area contributed by atoms with E-state index in [9.17, 15) is 4.79 Å². The molecule has 1 heterocycles. The van der Waals surface area contributed by atoms with Crippen LogP contribution in [0.1, 0.15) is 24.2 Å². The van der Waals surface area contributed by atoms with E-state index in [0.29, 0.717) is 5.56 Å². The molecular formula is C19H16O2. The quantitative estimate of drug-likeness (QED) is 0.582. The summed E-state index contributed by atoms with van der Waals surface area (Å²) >= 11 is 0. The normalized spacial score (nSPS) is 14.3. The van der Waals surface area contributed by atoms with Gasteiger partial charge in [-0.15, -0.1) is 0 Å². The van der Waals surface area contributed by atoms with E-state index in [1.54, 1.807) is 6.08 Å². The maximum atomic E-state index is 12.4. The molecule has 3 rings (SSSR count). The average Bonchev–Trinajstić information content (AvgIpc) is 2.45. The summed E-state index contributed by atoms with van der Waals surface area (Å²) in [6, 6.07) is 13.8. The van der Waals surface area contributed by atoms with Crippen LogP contribution in [0.3, 0.4) is 0 Å². The fourth-order valence-electron chi connectivity index (χ4n) is 2.48. The first-order valence-electron chi connectivity index (χ1n) is 6.91. The molecule has 104 valence electrons. The topological polar surface area (TPSA) is 26.3 Å². The van der Waals surface area contributed by atoms with E-state index in [1.807, 2.05) is 68.5 Å². The van der Waals surface area contributed by atoms with Gasteiger partial charge >= 0.3 is 0 Å². The molecule has 0 radical (unpaired) electrons. The Hall–Kier alpha value is -2.61. The predicted molar refractivity (Wildman–Crippen MR) is 85.0 cm³/mol. The van der Waals surface area contributed by atoms with Crippen molar-refractivity contribution in [1.29, 1.82) is 0 Å². The SMILES string of the molecule is CC1=CC(=CC(=O)c2ccc3ccccc3c2)C=C(C)O1. The smallest absolute Gasteiger partial charge is 0.186 e. The summed E-state index contributed by atoms with van der Waals surface area (Å²) in [4.78, 5) is 12.4. The Kier molecular flexibility index (Phi) is 3.44. The van der Waals surface area contributed by atoms with Crippen molar-refractivity contribution in [3.8, 4) is 0 Å². The van der Waals surface area contributed by atoms with Crippen molar-refractivity contribution in [2.45, 2.75) is 13.8 Å². The lowest BCUT2D eigenvalue weighted by Gasteiger charge is -2.12. The van der Waals surface area contributed by atoms with Gasteiger partial charge in [0.2, 0.25) is 0 Å². The number of benzene rings is 2. The molecule has 2 aromatic carbocycles. The Morgan fingerprint density at radius 2 is 1.62 bits per heavy atom. The highest BCUT2D eigenvalue weighted by Crippen LogP contribution is 2.20. The molecule has 0 aliphatic carbocycles. The second kappa shape index (κ2) is 5.41. The Morgan fingerprint density at radius 1 is 0.952 bits per heavy atom. The van der Waals surface area contributed by atoms with Crippen molar-refractivity contribution in [2.24, 2.45) is 0 Å². The minimum absolute atomic E-state index is 0.00533. The number of ketones is 1. The Labute approximate surface area is 124 Å². The van der Waals surface area contributed by atoms with Crippen LogP contribution in [0.5, 0.6) is 0 Å². The van der Waals surface area contributed by atoms with Crippen LogP contribution in [-0.4, -0.2) is 5.78 Å². The van der Waals surface area contributed by atoms with Gasteiger partial charge in [-0.2, -0.15) is 0 Å². The van der Waals surface area contributed by atoms with Crippen LogP contribution in [0.4, 0.5) is 0 Å². The second-order valence-corrected chi connectivity index (χ2v) is 5.18. The highest BCUT2D eigenvalue weighted by atomic mass is 16.5. The molecule has 0 unspecified atom stereocenters. The van der Waals surface area contributed by atoms with Gasteiger partial charge in [0, 0.05) is 5.56 Å². The zero-order chi connectivity index (χ0) is 14.8. The number of hydrogen-bond acceptors (Lipinski definition) is 2. The van der Waals surface area contributed by atoms with E-state index >= 15 is 0 Å². The first kappa shape index (κ1) is 13.4. The van der Waals surface area contributed by atoms with Crippen molar-refractivity contribution in [2.75, 3.05) is 0 Å². The molecule has 0 aromatic heterocycles. The van der Waals surface area contributed by atoms with Crippen molar-refractivity contribution < 1.29 is 9.53 Å². The molecule has 0 amide bonds. The zero-order valence-corrected chi connectivity index (χ0v) is 12.1. The van der Waals surface area contributed by atoms with Crippen LogP contribution in [0.2, 0.25) is 0 Å². The van der Waals surface area contributed by atoms with Gasteiger partial charge in [0.1, 0.15) is 11.5 Å². The maximum Gasteiger partial charge on any atom is 0.186 e. The van der Waals surface area contributed by atoms with Gasteiger partial charge in [0.25, 0.3) is 0 Å². The first-order valence-corrected chi connectivity index (χ1v) is 6.91. The summed E-state index contributed by atoms with van der Waals surface area (Å²) in [5.41, 5.74) is 1.57. The van der Waals surface area contributed by atoms with E-state index in [-0.39, 0.29) is 5.78 Å². The molecule has 0 bridgehead atoms. The van der Waals surface area contributed by atoms with Crippen LogP contribution < -0.4 is 0 Å². The molecule has 1 aliphatic heterocycles.